The van der Waals surface area contributed by atoms with Crippen LogP contribution in [0.4, 0.5) is 5.82 Å². The number of imidazole rings is 1. The summed E-state index contributed by atoms with van der Waals surface area (Å²) in [5, 5.41) is 0. The molecule has 0 radical (unpaired) electrons. The van der Waals surface area contributed by atoms with E-state index in [2.05, 4.69) is 18.5 Å². The topological polar surface area (TPSA) is 43.8 Å². The highest BCUT2D eigenvalue weighted by atomic mass is 15.1. The summed E-state index contributed by atoms with van der Waals surface area (Å²) in [6, 6.07) is 0. The first-order valence-corrected chi connectivity index (χ1v) is 5.14. The summed E-state index contributed by atoms with van der Waals surface area (Å²) in [4.78, 5) is 4.31. The molecular formula is C12H19N3. The predicted octanol–water partition coefficient (Wildman–Crippen LogP) is 2.91. The lowest BCUT2D eigenvalue weighted by atomic mass is 10.1. The Hall–Kier alpha value is -1.51. The van der Waals surface area contributed by atoms with E-state index < -0.39 is 0 Å². The highest BCUT2D eigenvalue weighted by Gasteiger charge is 2.06. The van der Waals surface area contributed by atoms with Gasteiger partial charge in [-0.25, -0.2) is 4.98 Å². The second kappa shape index (κ2) is 4.34. The van der Waals surface area contributed by atoms with Crippen LogP contribution in [-0.2, 0) is 0 Å². The van der Waals surface area contributed by atoms with Crippen molar-refractivity contribution in [3.63, 3.8) is 0 Å². The third-order valence-corrected chi connectivity index (χ3v) is 2.62. The number of nitrogens with two attached hydrogens (primary N) is 1. The molecule has 3 heteroatoms. The second-order valence-electron chi connectivity index (χ2n) is 3.77. The van der Waals surface area contributed by atoms with E-state index in [1.54, 1.807) is 0 Å². The van der Waals surface area contributed by atoms with Gasteiger partial charge < -0.3 is 5.73 Å². The Bertz CT molecular complexity index is 411. The molecule has 15 heavy (non-hydrogen) atoms. The Morgan fingerprint density at radius 2 is 2.13 bits per heavy atom. The fraction of sp³-hybridized carbons (Fsp3) is 0.417. The molecule has 1 rings (SSSR count). The SMILES string of the molecule is C=C(CC)C(C)=Cn1c(C)nc(C)c1N. The van der Waals surface area contributed by atoms with Gasteiger partial charge in [0.1, 0.15) is 11.6 Å². The van der Waals surface area contributed by atoms with Gasteiger partial charge in [0, 0.05) is 6.20 Å². The summed E-state index contributed by atoms with van der Waals surface area (Å²) >= 11 is 0. The molecule has 1 aromatic heterocycles. The van der Waals surface area contributed by atoms with Crippen LogP contribution in [0.5, 0.6) is 0 Å². The van der Waals surface area contributed by atoms with Crippen molar-refractivity contribution in [2.75, 3.05) is 5.73 Å². The van der Waals surface area contributed by atoms with Crippen molar-refractivity contribution in [3.05, 3.63) is 29.2 Å². The molecule has 0 aliphatic carbocycles. The molecule has 0 aliphatic rings. The van der Waals surface area contributed by atoms with Crippen LogP contribution >= 0.6 is 0 Å². The average molecular weight is 205 g/mol. The van der Waals surface area contributed by atoms with Crippen molar-refractivity contribution in [1.82, 2.24) is 9.55 Å². The molecule has 0 aliphatic heterocycles. The van der Waals surface area contributed by atoms with Crippen LogP contribution in [0.1, 0.15) is 31.8 Å². The Morgan fingerprint density at radius 3 is 2.53 bits per heavy atom. The van der Waals surface area contributed by atoms with Crippen molar-refractivity contribution in [2.45, 2.75) is 34.1 Å². The van der Waals surface area contributed by atoms with Gasteiger partial charge in [-0.3, -0.25) is 4.57 Å². The summed E-state index contributed by atoms with van der Waals surface area (Å²) in [7, 11) is 0. The largest absolute Gasteiger partial charge is 0.383 e. The number of aryl methyl sites for hydroxylation is 2. The maximum Gasteiger partial charge on any atom is 0.130 e. The summed E-state index contributed by atoms with van der Waals surface area (Å²) < 4.78 is 1.91. The average Bonchev–Trinajstić information content (AvgIpc) is 2.43. The Kier molecular flexibility index (Phi) is 3.35. The van der Waals surface area contributed by atoms with Gasteiger partial charge in [-0.05, 0) is 32.8 Å². The van der Waals surface area contributed by atoms with Crippen molar-refractivity contribution in [2.24, 2.45) is 0 Å². The fourth-order valence-electron chi connectivity index (χ4n) is 1.43. The maximum absolute atomic E-state index is 5.92. The highest BCUT2D eigenvalue weighted by molar-refractivity contribution is 5.51. The summed E-state index contributed by atoms with van der Waals surface area (Å²) in [5.74, 6) is 1.61. The van der Waals surface area contributed by atoms with Crippen LogP contribution in [-0.4, -0.2) is 9.55 Å². The number of allylic oxidation sites excluding steroid dienone is 2. The van der Waals surface area contributed by atoms with Gasteiger partial charge in [0.05, 0.1) is 5.69 Å². The first-order chi connectivity index (χ1) is 6.97. The van der Waals surface area contributed by atoms with Crippen LogP contribution in [0.2, 0.25) is 0 Å². The van der Waals surface area contributed by atoms with Crippen molar-refractivity contribution >= 4 is 12.0 Å². The fourth-order valence-corrected chi connectivity index (χ4v) is 1.43. The van der Waals surface area contributed by atoms with Crippen LogP contribution < -0.4 is 5.73 Å². The first kappa shape index (κ1) is 11.6. The van der Waals surface area contributed by atoms with E-state index in [4.69, 9.17) is 5.73 Å². The normalized spacial score (nSPS) is 11.9. The summed E-state index contributed by atoms with van der Waals surface area (Å²) in [5.41, 5.74) is 9.06. The molecule has 0 amide bonds. The molecule has 0 saturated carbocycles. The molecule has 3 nitrogen and oxygen atoms in total. The number of aromatic nitrogens is 2. The third-order valence-electron chi connectivity index (χ3n) is 2.62. The Labute approximate surface area is 91.3 Å². The molecule has 0 unspecified atom stereocenters. The zero-order chi connectivity index (χ0) is 11.6. The lowest BCUT2D eigenvalue weighted by Crippen LogP contribution is -1.99. The van der Waals surface area contributed by atoms with Gasteiger partial charge in [-0.1, -0.05) is 19.1 Å². The lowest BCUT2D eigenvalue weighted by Gasteiger charge is -2.06. The minimum Gasteiger partial charge on any atom is -0.383 e. The molecule has 0 saturated heterocycles. The van der Waals surface area contributed by atoms with Gasteiger partial charge in [-0.2, -0.15) is 0 Å². The van der Waals surface area contributed by atoms with E-state index >= 15 is 0 Å². The molecule has 0 atom stereocenters. The number of hydrogen-bond acceptors (Lipinski definition) is 2. The summed E-state index contributed by atoms with van der Waals surface area (Å²) in [6.45, 7) is 12.0. The lowest BCUT2D eigenvalue weighted by molar-refractivity contribution is 1.02. The molecule has 2 N–H and O–H groups in total. The van der Waals surface area contributed by atoms with Crippen LogP contribution in [0.25, 0.3) is 6.20 Å². The smallest absolute Gasteiger partial charge is 0.130 e. The Morgan fingerprint density at radius 1 is 1.53 bits per heavy atom. The van der Waals surface area contributed by atoms with Crippen LogP contribution in [0.15, 0.2) is 17.7 Å². The standard InChI is InChI=1S/C12H19N3/c1-6-8(2)9(3)7-15-11(5)14-10(4)12(15)13/h7H,2,6,13H2,1,3-5H3. The number of hydrogen-bond donors (Lipinski definition) is 1. The first-order valence-electron chi connectivity index (χ1n) is 5.14. The molecule has 1 aromatic rings. The third kappa shape index (κ3) is 2.29. The van der Waals surface area contributed by atoms with E-state index in [1.165, 1.54) is 0 Å². The molecule has 0 fully saturated rings. The van der Waals surface area contributed by atoms with Gasteiger partial charge in [0.2, 0.25) is 0 Å². The molecular weight excluding hydrogens is 186 g/mol. The van der Waals surface area contributed by atoms with Gasteiger partial charge >= 0.3 is 0 Å². The van der Waals surface area contributed by atoms with Crippen molar-refractivity contribution < 1.29 is 0 Å². The van der Waals surface area contributed by atoms with E-state index in [0.29, 0.717) is 5.82 Å². The van der Waals surface area contributed by atoms with Gasteiger partial charge in [0.25, 0.3) is 0 Å². The predicted molar refractivity (Wildman–Crippen MR) is 65.5 cm³/mol. The van der Waals surface area contributed by atoms with Gasteiger partial charge in [-0.15, -0.1) is 0 Å². The minimum absolute atomic E-state index is 0.704. The quantitative estimate of drug-likeness (QED) is 0.771. The molecule has 1 heterocycles. The molecule has 0 spiro atoms. The van der Waals surface area contributed by atoms with Crippen LogP contribution in [0, 0.1) is 13.8 Å². The van der Waals surface area contributed by atoms with E-state index in [1.807, 2.05) is 31.5 Å². The van der Waals surface area contributed by atoms with Crippen molar-refractivity contribution in [3.8, 4) is 0 Å². The zero-order valence-electron chi connectivity index (χ0n) is 9.96. The number of rotatable bonds is 3. The van der Waals surface area contributed by atoms with Gasteiger partial charge in [0.15, 0.2) is 0 Å². The maximum atomic E-state index is 5.92. The van der Waals surface area contributed by atoms with E-state index in [0.717, 1.165) is 29.1 Å². The van der Waals surface area contributed by atoms with Crippen molar-refractivity contribution in [1.29, 1.82) is 0 Å². The molecule has 82 valence electrons. The Balaban J connectivity index is 3.13. The summed E-state index contributed by atoms with van der Waals surface area (Å²) in [6.07, 6.45) is 2.95. The molecule has 0 aromatic carbocycles. The van der Waals surface area contributed by atoms with E-state index in [9.17, 15) is 0 Å². The number of nitrogens with zero attached hydrogens (tertiary/aromatic N) is 2. The van der Waals surface area contributed by atoms with Crippen LogP contribution in [0.3, 0.4) is 0 Å². The minimum atomic E-state index is 0.704. The number of nitrogen functional groups attached to an aromatic ring is 1. The monoisotopic (exact) mass is 205 g/mol. The second-order valence-corrected chi connectivity index (χ2v) is 3.77. The number of anilines is 1. The molecule has 0 bridgehead atoms. The highest BCUT2D eigenvalue weighted by Crippen LogP contribution is 2.17. The van der Waals surface area contributed by atoms with E-state index in [-0.39, 0.29) is 0 Å². The zero-order valence-corrected chi connectivity index (χ0v) is 9.96.